The molecule has 4 nitrogen and oxygen atoms in total. The summed E-state index contributed by atoms with van der Waals surface area (Å²) >= 11 is 0. The maximum atomic E-state index is 10.8. The van der Waals surface area contributed by atoms with Gasteiger partial charge in [-0.1, -0.05) is 20.8 Å². The summed E-state index contributed by atoms with van der Waals surface area (Å²) in [5.41, 5.74) is 0.523. The van der Waals surface area contributed by atoms with Gasteiger partial charge in [-0.2, -0.15) is 0 Å². The number of carboxylic acid groups (broad SMARTS) is 1. The normalized spacial score (nSPS) is 11.7. The van der Waals surface area contributed by atoms with Crippen LogP contribution in [0, 0.1) is 5.41 Å². The van der Waals surface area contributed by atoms with Gasteiger partial charge in [-0.15, -0.1) is 0 Å². The number of nitrogens with one attached hydrogen (secondary N) is 1. The molecule has 0 bridgehead atoms. The van der Waals surface area contributed by atoms with Crippen LogP contribution in [0.2, 0.25) is 0 Å². The molecule has 0 saturated carbocycles. The van der Waals surface area contributed by atoms with Gasteiger partial charge in [0.15, 0.2) is 0 Å². The van der Waals surface area contributed by atoms with Crippen LogP contribution in [-0.2, 0) is 6.54 Å². The van der Waals surface area contributed by atoms with Gasteiger partial charge in [-0.05, 0) is 24.4 Å². The summed E-state index contributed by atoms with van der Waals surface area (Å²) in [6.07, 6.45) is 2.44. The van der Waals surface area contributed by atoms with Crippen molar-refractivity contribution in [3.8, 4) is 0 Å². The van der Waals surface area contributed by atoms with Crippen molar-refractivity contribution < 1.29 is 14.3 Å². The third-order valence-corrected chi connectivity index (χ3v) is 2.31. The van der Waals surface area contributed by atoms with Crippen LogP contribution in [0.4, 0.5) is 0 Å². The van der Waals surface area contributed by atoms with Gasteiger partial charge in [0.05, 0.1) is 12.8 Å². The lowest BCUT2D eigenvalue weighted by molar-refractivity contribution is 0.0694. The van der Waals surface area contributed by atoms with E-state index in [0.717, 1.165) is 13.0 Å². The minimum atomic E-state index is -0.943. The smallest absolute Gasteiger partial charge is 0.339 e. The lowest BCUT2D eigenvalue weighted by Crippen LogP contribution is -2.20. The monoisotopic (exact) mass is 225 g/mol. The highest BCUT2D eigenvalue weighted by atomic mass is 16.4. The number of furan rings is 1. The van der Waals surface area contributed by atoms with Crippen LogP contribution in [0.5, 0.6) is 0 Å². The topological polar surface area (TPSA) is 62.5 Å². The fraction of sp³-hybridized carbons (Fsp3) is 0.583. The van der Waals surface area contributed by atoms with E-state index in [-0.39, 0.29) is 11.0 Å². The van der Waals surface area contributed by atoms with Crippen LogP contribution in [-0.4, -0.2) is 17.6 Å². The van der Waals surface area contributed by atoms with Crippen LogP contribution in [0.15, 0.2) is 16.7 Å². The molecule has 90 valence electrons. The summed E-state index contributed by atoms with van der Waals surface area (Å²) in [4.78, 5) is 10.8. The molecular formula is C12H19NO3. The van der Waals surface area contributed by atoms with Gasteiger partial charge in [0, 0.05) is 0 Å². The quantitative estimate of drug-likeness (QED) is 0.756. The number of hydrogen-bond acceptors (Lipinski definition) is 3. The van der Waals surface area contributed by atoms with Gasteiger partial charge in [-0.25, -0.2) is 4.79 Å². The van der Waals surface area contributed by atoms with Crippen molar-refractivity contribution in [3.63, 3.8) is 0 Å². The van der Waals surface area contributed by atoms with E-state index in [1.54, 1.807) is 0 Å². The molecule has 1 rings (SSSR count). The molecule has 4 heteroatoms. The standard InChI is InChI=1S/C12H19NO3/c1-12(2,3)5-6-13-8-10-9(11(14)15)4-7-16-10/h4,7,13H,5-6,8H2,1-3H3,(H,14,15). The lowest BCUT2D eigenvalue weighted by atomic mass is 9.92. The van der Waals surface area contributed by atoms with Crippen molar-refractivity contribution >= 4 is 5.97 Å². The molecule has 0 aromatic carbocycles. The highest BCUT2D eigenvalue weighted by molar-refractivity contribution is 5.88. The van der Waals surface area contributed by atoms with Gasteiger partial charge in [-0.3, -0.25) is 0 Å². The number of carbonyl (C=O) groups is 1. The molecule has 0 fully saturated rings. The van der Waals surface area contributed by atoms with Crippen molar-refractivity contribution in [2.75, 3.05) is 6.54 Å². The largest absolute Gasteiger partial charge is 0.478 e. The second kappa shape index (κ2) is 5.16. The first kappa shape index (κ1) is 12.8. The second-order valence-electron chi connectivity index (χ2n) is 5.05. The van der Waals surface area contributed by atoms with Gasteiger partial charge in [0.1, 0.15) is 11.3 Å². The van der Waals surface area contributed by atoms with E-state index >= 15 is 0 Å². The zero-order valence-electron chi connectivity index (χ0n) is 10.0. The highest BCUT2D eigenvalue weighted by Crippen LogP contribution is 2.17. The Bertz CT molecular complexity index is 349. The summed E-state index contributed by atoms with van der Waals surface area (Å²) in [6.45, 7) is 7.83. The Labute approximate surface area is 95.7 Å². The molecule has 2 N–H and O–H groups in total. The summed E-state index contributed by atoms with van der Waals surface area (Å²) in [5.74, 6) is -0.456. The van der Waals surface area contributed by atoms with E-state index < -0.39 is 5.97 Å². The minimum Gasteiger partial charge on any atom is -0.478 e. The van der Waals surface area contributed by atoms with Crippen molar-refractivity contribution in [1.29, 1.82) is 0 Å². The number of hydrogen-bond donors (Lipinski definition) is 2. The van der Waals surface area contributed by atoms with Crippen LogP contribution in [0.3, 0.4) is 0 Å². The lowest BCUT2D eigenvalue weighted by Gasteiger charge is -2.17. The highest BCUT2D eigenvalue weighted by Gasteiger charge is 2.13. The van der Waals surface area contributed by atoms with Crippen LogP contribution in [0.1, 0.15) is 43.3 Å². The van der Waals surface area contributed by atoms with Crippen molar-refractivity contribution in [2.45, 2.75) is 33.7 Å². The molecular weight excluding hydrogens is 206 g/mol. The Hall–Kier alpha value is -1.29. The first-order valence-corrected chi connectivity index (χ1v) is 5.40. The van der Waals surface area contributed by atoms with Gasteiger partial charge < -0.3 is 14.8 Å². The molecule has 0 aliphatic heterocycles. The zero-order valence-corrected chi connectivity index (χ0v) is 10.0. The van der Waals surface area contributed by atoms with Gasteiger partial charge >= 0.3 is 5.97 Å². The van der Waals surface area contributed by atoms with E-state index in [9.17, 15) is 4.79 Å². The molecule has 0 saturated heterocycles. The molecule has 0 atom stereocenters. The van der Waals surface area contributed by atoms with Gasteiger partial charge in [0.2, 0.25) is 0 Å². The SMILES string of the molecule is CC(C)(C)CCNCc1occc1C(=O)O. The average molecular weight is 225 g/mol. The van der Waals surface area contributed by atoms with E-state index in [2.05, 4.69) is 26.1 Å². The van der Waals surface area contributed by atoms with E-state index in [0.29, 0.717) is 12.3 Å². The Kier molecular flexibility index (Phi) is 4.12. The zero-order chi connectivity index (χ0) is 12.2. The molecule has 16 heavy (non-hydrogen) atoms. The van der Waals surface area contributed by atoms with E-state index in [1.807, 2.05) is 0 Å². The first-order chi connectivity index (χ1) is 7.40. The first-order valence-electron chi connectivity index (χ1n) is 5.40. The Morgan fingerprint density at radius 3 is 2.75 bits per heavy atom. The number of rotatable bonds is 5. The molecule has 1 heterocycles. The van der Waals surface area contributed by atoms with Crippen LogP contribution >= 0.6 is 0 Å². The predicted octanol–water partition coefficient (Wildman–Crippen LogP) is 2.50. The van der Waals surface area contributed by atoms with Crippen molar-refractivity contribution in [2.24, 2.45) is 5.41 Å². The van der Waals surface area contributed by atoms with Crippen LogP contribution in [0.25, 0.3) is 0 Å². The maximum absolute atomic E-state index is 10.8. The predicted molar refractivity (Wildman–Crippen MR) is 61.4 cm³/mol. The Morgan fingerprint density at radius 1 is 1.50 bits per heavy atom. The average Bonchev–Trinajstić information content (AvgIpc) is 2.58. The third kappa shape index (κ3) is 4.06. The Balaban J connectivity index is 2.38. The molecule has 1 aromatic rings. The Morgan fingerprint density at radius 2 is 2.19 bits per heavy atom. The maximum Gasteiger partial charge on any atom is 0.339 e. The number of carboxylic acids is 1. The molecule has 1 aromatic heterocycles. The van der Waals surface area contributed by atoms with Crippen molar-refractivity contribution in [1.82, 2.24) is 5.32 Å². The molecule has 0 spiro atoms. The van der Waals surface area contributed by atoms with Gasteiger partial charge in [0.25, 0.3) is 0 Å². The van der Waals surface area contributed by atoms with E-state index in [1.165, 1.54) is 12.3 Å². The molecule has 0 amide bonds. The fourth-order valence-corrected chi connectivity index (χ4v) is 1.33. The van der Waals surface area contributed by atoms with Crippen LogP contribution < -0.4 is 5.32 Å². The fourth-order valence-electron chi connectivity index (χ4n) is 1.33. The summed E-state index contributed by atoms with van der Waals surface area (Å²) in [7, 11) is 0. The third-order valence-electron chi connectivity index (χ3n) is 2.31. The molecule has 0 radical (unpaired) electrons. The minimum absolute atomic E-state index is 0.239. The number of aromatic carboxylic acids is 1. The molecule has 0 aliphatic rings. The molecule has 0 aliphatic carbocycles. The van der Waals surface area contributed by atoms with Crippen molar-refractivity contribution in [3.05, 3.63) is 23.7 Å². The summed E-state index contributed by atoms with van der Waals surface area (Å²) < 4.78 is 5.11. The summed E-state index contributed by atoms with van der Waals surface area (Å²) in [5, 5.41) is 12.0. The molecule has 0 unspecified atom stereocenters. The summed E-state index contributed by atoms with van der Waals surface area (Å²) in [6, 6.07) is 1.48. The van der Waals surface area contributed by atoms with E-state index in [4.69, 9.17) is 9.52 Å². The second-order valence-corrected chi connectivity index (χ2v) is 5.05.